The van der Waals surface area contributed by atoms with Gasteiger partial charge in [-0.3, -0.25) is 9.59 Å². The molecule has 1 aliphatic rings. The molecule has 2 N–H and O–H groups in total. The number of imidazole rings is 1. The number of carbonyl (C=O) groups excluding carboxylic acids is 1. The number of aryl methyl sites for hydroxylation is 2. The van der Waals surface area contributed by atoms with Crippen molar-refractivity contribution in [2.75, 3.05) is 13.2 Å². The van der Waals surface area contributed by atoms with Crippen molar-refractivity contribution in [3.05, 3.63) is 52.0 Å². The number of hydrogen-bond acceptors (Lipinski definition) is 4. The van der Waals surface area contributed by atoms with Crippen molar-refractivity contribution in [1.82, 2.24) is 19.9 Å². The van der Waals surface area contributed by atoms with E-state index >= 15 is 0 Å². The molecule has 3 heterocycles. The summed E-state index contributed by atoms with van der Waals surface area (Å²) in [6, 6.07) is 3.05. The van der Waals surface area contributed by atoms with Crippen LogP contribution in [0.4, 0.5) is 0 Å². The minimum absolute atomic E-state index is 0.122. The molecule has 25 heavy (non-hydrogen) atoms. The summed E-state index contributed by atoms with van der Waals surface area (Å²) in [5, 5.41) is 3.04. The summed E-state index contributed by atoms with van der Waals surface area (Å²) < 4.78 is 7.48. The van der Waals surface area contributed by atoms with Gasteiger partial charge in [0.15, 0.2) is 0 Å². The van der Waals surface area contributed by atoms with Gasteiger partial charge in [-0.15, -0.1) is 0 Å². The van der Waals surface area contributed by atoms with Crippen LogP contribution in [-0.2, 0) is 11.3 Å². The molecule has 1 saturated heterocycles. The number of nitrogens with zero attached hydrogens (tertiary/aromatic N) is 2. The molecule has 0 bridgehead atoms. The Labute approximate surface area is 146 Å². The third-order valence-electron chi connectivity index (χ3n) is 4.69. The Morgan fingerprint density at radius 2 is 2.20 bits per heavy atom. The van der Waals surface area contributed by atoms with E-state index in [1.807, 2.05) is 17.7 Å². The first-order valence-electron chi connectivity index (χ1n) is 8.69. The zero-order valence-electron chi connectivity index (χ0n) is 14.6. The van der Waals surface area contributed by atoms with Crippen molar-refractivity contribution in [2.24, 2.45) is 5.92 Å². The first-order valence-corrected chi connectivity index (χ1v) is 8.69. The second kappa shape index (κ2) is 7.65. The van der Waals surface area contributed by atoms with Crippen molar-refractivity contribution in [2.45, 2.75) is 39.3 Å². The lowest BCUT2D eigenvalue weighted by Crippen LogP contribution is -2.39. The van der Waals surface area contributed by atoms with Gasteiger partial charge in [-0.25, -0.2) is 4.98 Å². The van der Waals surface area contributed by atoms with Gasteiger partial charge in [0.1, 0.15) is 11.4 Å². The largest absolute Gasteiger partial charge is 0.381 e. The molecule has 0 saturated carbocycles. The Kier molecular flexibility index (Phi) is 5.33. The van der Waals surface area contributed by atoms with E-state index < -0.39 is 0 Å². The number of H-pyrrole nitrogens is 1. The van der Waals surface area contributed by atoms with Gasteiger partial charge in [-0.2, -0.15) is 0 Å². The summed E-state index contributed by atoms with van der Waals surface area (Å²) in [5.74, 6) is 0.685. The van der Waals surface area contributed by atoms with Crippen LogP contribution in [0.15, 0.2) is 29.3 Å². The van der Waals surface area contributed by atoms with Crippen LogP contribution in [0.5, 0.6) is 0 Å². The molecule has 1 amide bonds. The summed E-state index contributed by atoms with van der Waals surface area (Å²) in [7, 11) is 0. The molecule has 2 aromatic rings. The lowest BCUT2D eigenvalue weighted by Gasteiger charge is -2.30. The highest BCUT2D eigenvalue weighted by Crippen LogP contribution is 2.29. The monoisotopic (exact) mass is 344 g/mol. The van der Waals surface area contributed by atoms with Crippen LogP contribution in [0.25, 0.3) is 0 Å². The standard InChI is InChI=1S/C18H24N4O3/c1-3-22-9-8-19-16(22)15(13-6-10-25-11-7-13)21-18(24)14-5-4-12(2)20-17(14)23/h4-5,8-9,13,15H,3,6-7,10-11H2,1-2H3,(H,20,23)(H,21,24). The van der Waals surface area contributed by atoms with Gasteiger partial charge in [0.05, 0.1) is 6.04 Å². The molecule has 3 rings (SSSR count). The first-order chi connectivity index (χ1) is 12.1. The number of aromatic nitrogens is 3. The van der Waals surface area contributed by atoms with Gasteiger partial charge in [0.25, 0.3) is 11.5 Å². The molecule has 7 nitrogen and oxygen atoms in total. The topological polar surface area (TPSA) is 89.0 Å². The van der Waals surface area contributed by atoms with Gasteiger partial charge in [-0.05, 0) is 44.7 Å². The summed E-state index contributed by atoms with van der Waals surface area (Å²) in [6.45, 7) is 5.95. The number of nitrogens with one attached hydrogen (secondary N) is 2. The molecule has 134 valence electrons. The Bertz CT molecular complexity index is 790. The van der Waals surface area contributed by atoms with Gasteiger partial charge >= 0.3 is 0 Å². The predicted octanol–water partition coefficient (Wildman–Crippen LogP) is 1.80. The smallest absolute Gasteiger partial charge is 0.260 e. The molecule has 0 spiro atoms. The van der Waals surface area contributed by atoms with Crippen molar-refractivity contribution in [3.63, 3.8) is 0 Å². The number of pyridine rings is 1. The molecule has 0 radical (unpaired) electrons. The molecule has 2 aromatic heterocycles. The van der Waals surface area contributed by atoms with Gasteiger partial charge in [0.2, 0.25) is 0 Å². The van der Waals surface area contributed by atoms with E-state index in [9.17, 15) is 9.59 Å². The van der Waals surface area contributed by atoms with Crippen LogP contribution in [0.1, 0.15) is 47.7 Å². The number of aromatic amines is 1. The Morgan fingerprint density at radius 3 is 2.88 bits per heavy atom. The SMILES string of the molecule is CCn1ccnc1C(NC(=O)c1ccc(C)[nH]c1=O)C1CCOCC1. The van der Waals surface area contributed by atoms with E-state index in [-0.39, 0.29) is 29.0 Å². The van der Waals surface area contributed by atoms with Crippen molar-refractivity contribution >= 4 is 5.91 Å². The quantitative estimate of drug-likeness (QED) is 0.865. The Morgan fingerprint density at radius 1 is 1.44 bits per heavy atom. The predicted molar refractivity (Wildman–Crippen MR) is 93.5 cm³/mol. The summed E-state index contributed by atoms with van der Waals surface area (Å²) in [6.07, 6.45) is 5.36. The second-order valence-corrected chi connectivity index (χ2v) is 6.36. The Balaban J connectivity index is 1.89. The molecule has 1 atom stereocenters. The highest BCUT2D eigenvalue weighted by molar-refractivity contribution is 5.94. The van der Waals surface area contributed by atoms with Crippen molar-refractivity contribution in [1.29, 1.82) is 0 Å². The summed E-state index contributed by atoms with van der Waals surface area (Å²) >= 11 is 0. The highest BCUT2D eigenvalue weighted by Gasteiger charge is 2.30. The Hall–Kier alpha value is -2.41. The van der Waals surface area contributed by atoms with Gasteiger partial charge < -0.3 is 19.6 Å². The molecular weight excluding hydrogens is 320 g/mol. The summed E-state index contributed by atoms with van der Waals surface area (Å²) in [4.78, 5) is 32.0. The highest BCUT2D eigenvalue weighted by atomic mass is 16.5. The van der Waals surface area contributed by atoms with Crippen LogP contribution in [0, 0.1) is 12.8 Å². The molecular formula is C18H24N4O3. The van der Waals surface area contributed by atoms with Crippen LogP contribution >= 0.6 is 0 Å². The lowest BCUT2D eigenvalue weighted by atomic mass is 9.90. The molecule has 7 heteroatoms. The normalized spacial score (nSPS) is 16.6. The van der Waals surface area contributed by atoms with Crippen LogP contribution < -0.4 is 10.9 Å². The maximum absolute atomic E-state index is 12.7. The van der Waals surface area contributed by atoms with E-state index in [0.29, 0.717) is 13.2 Å². The van der Waals surface area contributed by atoms with E-state index in [2.05, 4.69) is 15.3 Å². The maximum atomic E-state index is 12.7. The minimum Gasteiger partial charge on any atom is -0.381 e. The fourth-order valence-electron chi connectivity index (χ4n) is 3.28. The maximum Gasteiger partial charge on any atom is 0.260 e. The zero-order valence-corrected chi connectivity index (χ0v) is 14.6. The van der Waals surface area contributed by atoms with Gasteiger partial charge in [0, 0.05) is 37.8 Å². The summed E-state index contributed by atoms with van der Waals surface area (Å²) in [5.41, 5.74) is 0.475. The number of carbonyl (C=O) groups is 1. The lowest BCUT2D eigenvalue weighted by molar-refractivity contribution is 0.0498. The molecule has 1 fully saturated rings. The fourth-order valence-corrected chi connectivity index (χ4v) is 3.28. The van der Waals surface area contributed by atoms with Crippen molar-refractivity contribution in [3.8, 4) is 0 Å². The molecule has 1 unspecified atom stereocenters. The number of rotatable bonds is 5. The van der Waals surface area contributed by atoms with Crippen LogP contribution in [0.3, 0.4) is 0 Å². The van der Waals surface area contributed by atoms with Crippen LogP contribution in [-0.4, -0.2) is 33.7 Å². The van der Waals surface area contributed by atoms with E-state index in [1.54, 1.807) is 25.3 Å². The van der Waals surface area contributed by atoms with E-state index in [4.69, 9.17) is 4.74 Å². The zero-order chi connectivity index (χ0) is 17.8. The number of hydrogen-bond donors (Lipinski definition) is 2. The number of ether oxygens (including phenoxy) is 1. The minimum atomic E-state index is -0.373. The average Bonchev–Trinajstić information content (AvgIpc) is 3.08. The first kappa shape index (κ1) is 17.4. The molecule has 1 aliphatic heterocycles. The molecule has 0 aromatic carbocycles. The van der Waals surface area contributed by atoms with E-state index in [1.165, 1.54) is 0 Å². The number of amides is 1. The van der Waals surface area contributed by atoms with Crippen LogP contribution in [0.2, 0.25) is 0 Å². The average molecular weight is 344 g/mol. The molecule has 0 aliphatic carbocycles. The van der Waals surface area contributed by atoms with E-state index in [0.717, 1.165) is 30.9 Å². The van der Waals surface area contributed by atoms with Gasteiger partial charge in [-0.1, -0.05) is 0 Å². The third kappa shape index (κ3) is 3.82. The second-order valence-electron chi connectivity index (χ2n) is 6.36. The third-order valence-corrected chi connectivity index (χ3v) is 4.69. The fraction of sp³-hybridized carbons (Fsp3) is 0.500. The van der Waals surface area contributed by atoms with Crippen molar-refractivity contribution < 1.29 is 9.53 Å².